The fraction of sp³-hybridized carbons (Fsp3) is 0.400. The van der Waals surface area contributed by atoms with E-state index in [1.807, 2.05) is 0 Å². The van der Waals surface area contributed by atoms with Gasteiger partial charge in [0.25, 0.3) is 6.43 Å². The first kappa shape index (κ1) is 9.55. The Morgan fingerprint density at radius 1 is 1.36 bits per heavy atom. The lowest BCUT2D eigenvalue weighted by molar-refractivity contribution is -0.117. The van der Waals surface area contributed by atoms with Crippen molar-refractivity contribution in [3.05, 3.63) is 35.9 Å². The molecule has 76 valence electrons. The van der Waals surface area contributed by atoms with Crippen LogP contribution in [0.5, 0.6) is 0 Å². The standard InChI is InChI=1S/C10H10F2O2/c11-9(12)10(13,8-6-14-8)7-4-2-1-3-5-7/h1-5,8-9,13H,6H2. The molecular formula is C10H10F2O2. The molecule has 2 nitrogen and oxygen atoms in total. The quantitative estimate of drug-likeness (QED) is 0.750. The summed E-state index contributed by atoms with van der Waals surface area (Å²) in [7, 11) is 0. The summed E-state index contributed by atoms with van der Waals surface area (Å²) in [4.78, 5) is 0. The molecular weight excluding hydrogens is 190 g/mol. The van der Waals surface area contributed by atoms with Crippen molar-refractivity contribution < 1.29 is 18.6 Å². The van der Waals surface area contributed by atoms with E-state index in [0.717, 1.165) is 0 Å². The molecule has 1 saturated heterocycles. The van der Waals surface area contributed by atoms with Crippen molar-refractivity contribution in [3.63, 3.8) is 0 Å². The second kappa shape index (κ2) is 3.29. The van der Waals surface area contributed by atoms with Gasteiger partial charge in [-0.05, 0) is 5.56 Å². The van der Waals surface area contributed by atoms with Gasteiger partial charge in [0.05, 0.1) is 6.61 Å². The minimum atomic E-state index is -2.84. The first-order chi connectivity index (χ1) is 6.65. The van der Waals surface area contributed by atoms with Crippen LogP contribution in [0.25, 0.3) is 0 Å². The predicted octanol–water partition coefficient (Wildman–Crippen LogP) is 1.54. The molecule has 0 aromatic heterocycles. The Hall–Kier alpha value is -1.00. The van der Waals surface area contributed by atoms with Gasteiger partial charge in [0.2, 0.25) is 0 Å². The molecule has 0 bridgehead atoms. The van der Waals surface area contributed by atoms with Crippen molar-refractivity contribution in [1.82, 2.24) is 0 Å². The minimum absolute atomic E-state index is 0.190. The van der Waals surface area contributed by atoms with E-state index in [4.69, 9.17) is 4.74 Å². The molecule has 4 heteroatoms. The average Bonchev–Trinajstić information content (AvgIpc) is 3.01. The lowest BCUT2D eigenvalue weighted by atomic mass is 9.91. The highest BCUT2D eigenvalue weighted by Gasteiger charge is 2.53. The maximum atomic E-state index is 12.7. The number of benzene rings is 1. The second-order valence-corrected chi connectivity index (χ2v) is 3.31. The van der Waals surface area contributed by atoms with Crippen LogP contribution in [0.15, 0.2) is 30.3 Å². The van der Waals surface area contributed by atoms with Crippen molar-refractivity contribution in [2.75, 3.05) is 6.61 Å². The van der Waals surface area contributed by atoms with E-state index in [9.17, 15) is 13.9 Å². The third-order valence-electron chi connectivity index (χ3n) is 2.39. The highest BCUT2D eigenvalue weighted by molar-refractivity contribution is 5.26. The molecule has 1 aliphatic heterocycles. The SMILES string of the molecule is OC(c1ccccc1)(C(F)F)C1CO1. The number of epoxide rings is 1. The fourth-order valence-electron chi connectivity index (χ4n) is 1.46. The summed E-state index contributed by atoms with van der Waals surface area (Å²) in [5.74, 6) is 0. The Labute approximate surface area is 80.1 Å². The monoisotopic (exact) mass is 200 g/mol. The maximum Gasteiger partial charge on any atom is 0.273 e. The molecule has 2 atom stereocenters. The summed E-state index contributed by atoms with van der Waals surface area (Å²) in [6.07, 6.45) is -3.61. The van der Waals surface area contributed by atoms with Crippen LogP contribution in [0.2, 0.25) is 0 Å². The molecule has 0 amide bonds. The van der Waals surface area contributed by atoms with Crippen molar-refractivity contribution in [3.8, 4) is 0 Å². The zero-order valence-corrected chi connectivity index (χ0v) is 7.36. The first-order valence-electron chi connectivity index (χ1n) is 4.33. The Kier molecular flexibility index (Phi) is 2.25. The molecule has 1 aromatic carbocycles. The van der Waals surface area contributed by atoms with Gasteiger partial charge in [0.1, 0.15) is 6.10 Å². The van der Waals surface area contributed by atoms with Gasteiger partial charge in [-0.25, -0.2) is 8.78 Å². The number of hydrogen-bond acceptors (Lipinski definition) is 2. The van der Waals surface area contributed by atoms with Crippen molar-refractivity contribution in [1.29, 1.82) is 0 Å². The lowest BCUT2D eigenvalue weighted by Gasteiger charge is -2.25. The summed E-state index contributed by atoms with van der Waals surface area (Å²) in [5, 5.41) is 9.82. The second-order valence-electron chi connectivity index (χ2n) is 3.31. The van der Waals surface area contributed by atoms with Crippen LogP contribution in [-0.4, -0.2) is 24.2 Å². The Morgan fingerprint density at radius 2 is 1.93 bits per heavy atom. The van der Waals surface area contributed by atoms with Crippen LogP contribution in [0.4, 0.5) is 8.78 Å². The van der Waals surface area contributed by atoms with E-state index in [1.54, 1.807) is 18.2 Å². The minimum Gasteiger partial charge on any atom is -0.377 e. The van der Waals surface area contributed by atoms with E-state index in [-0.39, 0.29) is 12.2 Å². The zero-order chi connectivity index (χ0) is 10.2. The molecule has 2 unspecified atom stereocenters. The Bertz CT molecular complexity index is 307. The molecule has 1 heterocycles. The molecule has 0 saturated carbocycles. The van der Waals surface area contributed by atoms with E-state index in [2.05, 4.69) is 0 Å². The van der Waals surface area contributed by atoms with E-state index in [1.165, 1.54) is 12.1 Å². The zero-order valence-electron chi connectivity index (χ0n) is 7.36. The number of rotatable bonds is 3. The van der Waals surface area contributed by atoms with Crippen molar-refractivity contribution >= 4 is 0 Å². The normalized spacial score (nSPS) is 24.7. The topological polar surface area (TPSA) is 32.8 Å². The number of alkyl halides is 2. The summed E-state index contributed by atoms with van der Waals surface area (Å²) in [6, 6.07) is 7.90. The molecule has 1 aromatic rings. The summed E-state index contributed by atoms with van der Waals surface area (Å²) in [5.41, 5.74) is -1.95. The van der Waals surface area contributed by atoms with Crippen molar-refractivity contribution in [2.24, 2.45) is 0 Å². The number of aliphatic hydroxyl groups is 1. The van der Waals surface area contributed by atoms with Gasteiger partial charge in [-0.2, -0.15) is 0 Å². The van der Waals surface area contributed by atoms with E-state index < -0.39 is 18.1 Å². The molecule has 1 N–H and O–H groups in total. The average molecular weight is 200 g/mol. The van der Waals surface area contributed by atoms with Crippen LogP contribution >= 0.6 is 0 Å². The first-order valence-corrected chi connectivity index (χ1v) is 4.33. The molecule has 2 rings (SSSR count). The molecule has 14 heavy (non-hydrogen) atoms. The van der Waals surface area contributed by atoms with Crippen molar-refractivity contribution in [2.45, 2.75) is 18.1 Å². The lowest BCUT2D eigenvalue weighted by Crippen LogP contribution is -2.40. The van der Waals surface area contributed by atoms with Gasteiger partial charge in [0.15, 0.2) is 5.60 Å². The Morgan fingerprint density at radius 3 is 2.36 bits per heavy atom. The van der Waals surface area contributed by atoms with Crippen LogP contribution < -0.4 is 0 Å². The third-order valence-corrected chi connectivity index (χ3v) is 2.39. The molecule has 0 radical (unpaired) electrons. The smallest absolute Gasteiger partial charge is 0.273 e. The molecule has 0 spiro atoms. The third kappa shape index (κ3) is 1.40. The molecule has 0 aliphatic carbocycles. The van der Waals surface area contributed by atoms with Gasteiger partial charge < -0.3 is 9.84 Å². The highest BCUT2D eigenvalue weighted by atomic mass is 19.3. The molecule has 1 aliphatic rings. The van der Waals surface area contributed by atoms with Crippen LogP contribution in [0.1, 0.15) is 5.56 Å². The van der Waals surface area contributed by atoms with Gasteiger partial charge >= 0.3 is 0 Å². The predicted molar refractivity (Wildman–Crippen MR) is 46.1 cm³/mol. The number of hydrogen-bond donors (Lipinski definition) is 1. The fourth-order valence-corrected chi connectivity index (χ4v) is 1.46. The number of halogens is 2. The summed E-state index contributed by atoms with van der Waals surface area (Å²) < 4.78 is 30.2. The highest BCUT2D eigenvalue weighted by Crippen LogP contribution is 2.38. The largest absolute Gasteiger partial charge is 0.377 e. The van der Waals surface area contributed by atoms with Gasteiger partial charge in [-0.3, -0.25) is 0 Å². The maximum absolute atomic E-state index is 12.7. The van der Waals surface area contributed by atoms with E-state index >= 15 is 0 Å². The summed E-state index contributed by atoms with van der Waals surface area (Å²) >= 11 is 0. The van der Waals surface area contributed by atoms with Gasteiger partial charge in [0, 0.05) is 0 Å². The van der Waals surface area contributed by atoms with Gasteiger partial charge in [-0.15, -0.1) is 0 Å². The van der Waals surface area contributed by atoms with Crippen LogP contribution in [0.3, 0.4) is 0 Å². The van der Waals surface area contributed by atoms with Crippen LogP contribution in [-0.2, 0) is 10.3 Å². The van der Waals surface area contributed by atoms with Crippen LogP contribution in [0, 0.1) is 0 Å². The molecule has 1 fully saturated rings. The van der Waals surface area contributed by atoms with E-state index in [0.29, 0.717) is 0 Å². The van der Waals surface area contributed by atoms with Gasteiger partial charge in [-0.1, -0.05) is 30.3 Å². The number of ether oxygens (including phenoxy) is 1. The summed E-state index contributed by atoms with van der Waals surface area (Å²) in [6.45, 7) is 0.190. The Balaban J connectivity index is 2.36.